The molecule has 44 heavy (non-hydrogen) atoms. The van der Waals surface area contributed by atoms with E-state index in [2.05, 4.69) is 20.0 Å². The first-order valence-corrected chi connectivity index (χ1v) is 13.9. The fourth-order valence-corrected chi connectivity index (χ4v) is 5.59. The highest BCUT2D eigenvalue weighted by atomic mass is 19.4. The average Bonchev–Trinajstić information content (AvgIpc) is 3.01. The van der Waals surface area contributed by atoms with Crippen LogP contribution in [0.4, 0.5) is 27.8 Å². The highest BCUT2D eigenvalue weighted by molar-refractivity contribution is 6.13. The fourth-order valence-electron chi connectivity index (χ4n) is 5.59. The van der Waals surface area contributed by atoms with Crippen molar-refractivity contribution in [2.45, 2.75) is 37.8 Å². The van der Waals surface area contributed by atoms with Gasteiger partial charge in [0, 0.05) is 30.3 Å². The molecule has 4 N–H and O–H groups in total. The summed E-state index contributed by atoms with van der Waals surface area (Å²) in [5.41, 5.74) is 7.32. The summed E-state index contributed by atoms with van der Waals surface area (Å²) in [7, 11) is 0. The van der Waals surface area contributed by atoms with E-state index in [1.165, 1.54) is 18.3 Å². The van der Waals surface area contributed by atoms with E-state index in [4.69, 9.17) is 5.73 Å². The molecule has 3 aromatic rings. The minimum atomic E-state index is -5.00. The van der Waals surface area contributed by atoms with Crippen LogP contribution in [0.5, 0.6) is 5.75 Å². The van der Waals surface area contributed by atoms with Crippen LogP contribution in [0, 0.1) is 11.8 Å². The minimum absolute atomic E-state index is 0.0974. The molecule has 2 aliphatic rings. The zero-order valence-corrected chi connectivity index (χ0v) is 23.3. The highest BCUT2D eigenvalue weighted by Gasteiger charge is 2.54. The fraction of sp³-hybridized carbons (Fsp3) is 0.323. The standard InChI is InChI=1S/C31H30F5N5O3/c32-30(33)44-21-11-12-22(38-17-21)41-15-13-18(14-16-41)25(37)23-24(31(34,35)36)27(42)29(43)40-28(23)39-26(19-7-3-1-4-8-19)20-9-5-2-6-10-20/h1-12,17-18,24,26-27,30,42H,13-16,37H2,(H,39,40,43)/t24-,27-/m0/s1. The Bertz CT molecular complexity index is 1450. The number of aliphatic imine (C=N–C) groups is 1. The van der Waals surface area contributed by atoms with Crippen LogP contribution in [0.15, 0.2) is 95.3 Å². The van der Waals surface area contributed by atoms with Crippen molar-refractivity contribution in [3.8, 4) is 5.75 Å². The Morgan fingerprint density at radius 3 is 2.09 bits per heavy atom. The molecule has 1 amide bonds. The van der Waals surface area contributed by atoms with Gasteiger partial charge in [-0.25, -0.2) is 4.98 Å². The summed E-state index contributed by atoms with van der Waals surface area (Å²) in [6, 6.07) is 19.9. The van der Waals surface area contributed by atoms with Crippen molar-refractivity contribution >= 4 is 17.6 Å². The van der Waals surface area contributed by atoms with Gasteiger partial charge in [-0.05, 0) is 36.1 Å². The van der Waals surface area contributed by atoms with E-state index in [0.717, 1.165) is 0 Å². The molecule has 0 aliphatic carbocycles. The highest BCUT2D eigenvalue weighted by Crippen LogP contribution is 2.41. The number of carbonyl (C=O) groups excluding carboxylic acids is 1. The number of ether oxygens (including phenoxy) is 1. The summed E-state index contributed by atoms with van der Waals surface area (Å²) in [5, 5.41) is 12.9. The average molecular weight is 616 g/mol. The van der Waals surface area contributed by atoms with Crippen LogP contribution < -0.4 is 20.7 Å². The van der Waals surface area contributed by atoms with E-state index < -0.39 is 48.2 Å². The lowest BCUT2D eigenvalue weighted by Gasteiger charge is -2.38. The van der Waals surface area contributed by atoms with Gasteiger partial charge in [0.15, 0.2) is 0 Å². The first kappa shape index (κ1) is 30.9. The van der Waals surface area contributed by atoms with Crippen molar-refractivity contribution in [1.82, 2.24) is 10.3 Å². The summed E-state index contributed by atoms with van der Waals surface area (Å²) < 4.78 is 72.9. The molecule has 2 fully saturated rings. The van der Waals surface area contributed by atoms with Gasteiger partial charge in [0.25, 0.3) is 5.91 Å². The molecule has 2 saturated heterocycles. The Morgan fingerprint density at radius 1 is 1.00 bits per heavy atom. The normalized spacial score (nSPS) is 22.0. The first-order chi connectivity index (χ1) is 21.0. The predicted octanol–water partition coefficient (Wildman–Crippen LogP) is 4.97. The van der Waals surface area contributed by atoms with Crippen molar-refractivity contribution in [3.05, 3.63) is 101 Å². The number of benzene rings is 2. The summed E-state index contributed by atoms with van der Waals surface area (Å²) in [4.78, 5) is 23.3. The Kier molecular flexibility index (Phi) is 9.14. The van der Waals surface area contributed by atoms with Crippen LogP contribution in [-0.4, -0.2) is 53.8 Å². The number of rotatable bonds is 7. The van der Waals surface area contributed by atoms with E-state index in [9.17, 15) is 31.9 Å². The molecule has 8 nitrogen and oxygen atoms in total. The first-order valence-electron chi connectivity index (χ1n) is 13.9. The number of aliphatic hydroxyl groups excluding tert-OH is 1. The summed E-state index contributed by atoms with van der Waals surface area (Å²) in [5.74, 6) is -4.28. The zero-order chi connectivity index (χ0) is 31.4. The van der Waals surface area contributed by atoms with Crippen LogP contribution >= 0.6 is 0 Å². The van der Waals surface area contributed by atoms with E-state index >= 15 is 0 Å². The van der Waals surface area contributed by atoms with Crippen molar-refractivity contribution in [1.29, 1.82) is 0 Å². The second-order valence-corrected chi connectivity index (χ2v) is 10.5. The molecule has 3 heterocycles. The number of amidine groups is 1. The van der Waals surface area contributed by atoms with E-state index in [1.807, 2.05) is 4.90 Å². The number of carbonyl (C=O) groups is 1. The van der Waals surface area contributed by atoms with Crippen LogP contribution in [0.25, 0.3) is 0 Å². The smallest absolute Gasteiger partial charge is 0.398 e. The van der Waals surface area contributed by atoms with Gasteiger partial charge in [-0.3, -0.25) is 9.79 Å². The molecule has 0 spiro atoms. The molecule has 0 saturated carbocycles. The lowest BCUT2D eigenvalue weighted by atomic mass is 9.81. The SMILES string of the molecule is NC(=C1C(=NC(c2ccccc2)c2ccccc2)NC(=O)[C@@H](O)[C@H]1C(F)(F)F)C1CCN(c2ccc(OC(F)F)cn2)CC1. The Labute approximate surface area is 250 Å². The van der Waals surface area contributed by atoms with Crippen LogP contribution in [0.2, 0.25) is 0 Å². The number of piperidine rings is 2. The molecule has 5 rings (SSSR count). The third-order valence-electron chi connectivity index (χ3n) is 7.75. The molecule has 232 valence electrons. The Morgan fingerprint density at radius 2 is 1.59 bits per heavy atom. The molecular weight excluding hydrogens is 585 g/mol. The quantitative estimate of drug-likeness (QED) is 0.324. The number of anilines is 1. The number of nitrogens with zero attached hydrogens (tertiary/aromatic N) is 3. The lowest BCUT2D eigenvalue weighted by Crippen LogP contribution is -2.56. The van der Waals surface area contributed by atoms with E-state index in [0.29, 0.717) is 42.9 Å². The molecule has 0 radical (unpaired) electrons. The number of hydrogen-bond acceptors (Lipinski definition) is 7. The summed E-state index contributed by atoms with van der Waals surface area (Å²) in [6.45, 7) is -2.27. The summed E-state index contributed by atoms with van der Waals surface area (Å²) in [6.07, 6.45) is -5.58. The molecule has 13 heteroatoms. The number of aliphatic hydroxyl groups is 1. The monoisotopic (exact) mass is 615 g/mol. The molecule has 2 aliphatic heterocycles. The van der Waals surface area contributed by atoms with Crippen LogP contribution in [-0.2, 0) is 4.79 Å². The summed E-state index contributed by atoms with van der Waals surface area (Å²) >= 11 is 0. The number of pyridine rings is 1. The maximum Gasteiger partial charge on any atom is 0.398 e. The third-order valence-corrected chi connectivity index (χ3v) is 7.75. The van der Waals surface area contributed by atoms with Crippen LogP contribution in [0.3, 0.4) is 0 Å². The number of aromatic nitrogens is 1. The molecule has 0 unspecified atom stereocenters. The van der Waals surface area contributed by atoms with Crippen molar-refractivity contribution in [2.75, 3.05) is 18.0 Å². The minimum Gasteiger partial charge on any atom is -0.433 e. The maximum absolute atomic E-state index is 14.5. The molecule has 2 atom stereocenters. The Hall–Kier alpha value is -4.52. The molecular formula is C31H30F5N5O3. The largest absolute Gasteiger partial charge is 0.433 e. The molecule has 1 aromatic heterocycles. The number of hydrogen-bond donors (Lipinski definition) is 3. The van der Waals surface area contributed by atoms with Gasteiger partial charge in [0.1, 0.15) is 35.5 Å². The second kappa shape index (κ2) is 13.0. The molecule has 0 bridgehead atoms. The number of alkyl halides is 5. The number of nitrogens with two attached hydrogens (primary N) is 1. The Balaban J connectivity index is 1.50. The third kappa shape index (κ3) is 6.83. The van der Waals surface area contributed by atoms with Crippen LogP contribution in [0.1, 0.15) is 30.0 Å². The van der Waals surface area contributed by atoms with Gasteiger partial charge in [-0.15, -0.1) is 0 Å². The van der Waals surface area contributed by atoms with Crippen molar-refractivity contribution in [2.24, 2.45) is 22.6 Å². The number of halogens is 5. The van der Waals surface area contributed by atoms with Gasteiger partial charge >= 0.3 is 12.8 Å². The second-order valence-electron chi connectivity index (χ2n) is 10.5. The molecule has 2 aromatic carbocycles. The van der Waals surface area contributed by atoms with Gasteiger partial charge in [0.2, 0.25) is 0 Å². The van der Waals surface area contributed by atoms with Gasteiger partial charge in [-0.2, -0.15) is 22.0 Å². The van der Waals surface area contributed by atoms with Gasteiger partial charge in [0.05, 0.1) is 6.20 Å². The maximum atomic E-state index is 14.5. The number of nitrogens with one attached hydrogen (secondary N) is 1. The van der Waals surface area contributed by atoms with E-state index in [-0.39, 0.29) is 17.3 Å². The predicted molar refractivity (Wildman–Crippen MR) is 153 cm³/mol. The van der Waals surface area contributed by atoms with Crippen molar-refractivity contribution in [3.63, 3.8) is 0 Å². The number of allylic oxidation sites excluding steroid dienone is 1. The topological polar surface area (TPSA) is 113 Å². The number of amides is 1. The van der Waals surface area contributed by atoms with Gasteiger partial charge < -0.3 is 25.8 Å². The lowest BCUT2D eigenvalue weighted by molar-refractivity contribution is -0.191. The van der Waals surface area contributed by atoms with Gasteiger partial charge in [-0.1, -0.05) is 60.7 Å². The van der Waals surface area contributed by atoms with Crippen molar-refractivity contribution < 1.29 is 36.6 Å². The van der Waals surface area contributed by atoms with E-state index in [1.54, 1.807) is 60.7 Å². The zero-order valence-electron chi connectivity index (χ0n) is 23.3.